The van der Waals surface area contributed by atoms with Gasteiger partial charge in [0.2, 0.25) is 0 Å². The smallest absolute Gasteiger partial charge is 0.317 e. The first kappa shape index (κ1) is 15.2. The van der Waals surface area contributed by atoms with E-state index in [9.17, 15) is 4.79 Å². The Balaban J connectivity index is 1.49. The van der Waals surface area contributed by atoms with Crippen molar-refractivity contribution in [2.45, 2.75) is 39.1 Å². The van der Waals surface area contributed by atoms with Crippen molar-refractivity contribution in [2.24, 2.45) is 0 Å². The van der Waals surface area contributed by atoms with Gasteiger partial charge in [-0.25, -0.2) is 4.79 Å². The molecule has 2 fully saturated rings. The van der Waals surface area contributed by atoms with Gasteiger partial charge in [0.25, 0.3) is 0 Å². The molecule has 0 aliphatic carbocycles. The number of carbonyl (C=O) groups excluding carboxylic acids is 1. The van der Waals surface area contributed by atoms with Crippen LogP contribution in [-0.4, -0.2) is 75.8 Å². The number of amides is 2. The summed E-state index contributed by atoms with van der Waals surface area (Å²) in [7, 11) is 0. The molecule has 0 bridgehead atoms. The number of ether oxygens (including phenoxy) is 1. The Morgan fingerprint density at radius 1 is 1.32 bits per heavy atom. The first-order valence-corrected chi connectivity index (χ1v) is 7.90. The van der Waals surface area contributed by atoms with Gasteiger partial charge in [-0.3, -0.25) is 9.58 Å². The van der Waals surface area contributed by atoms with Crippen LogP contribution >= 0.6 is 0 Å². The molecule has 22 heavy (non-hydrogen) atoms. The van der Waals surface area contributed by atoms with Gasteiger partial charge < -0.3 is 15.0 Å². The average Bonchev–Trinajstić information content (AvgIpc) is 3.04. The van der Waals surface area contributed by atoms with Crippen molar-refractivity contribution in [2.75, 3.05) is 32.7 Å². The molecule has 2 aliphatic rings. The molecule has 122 valence electrons. The zero-order valence-electron chi connectivity index (χ0n) is 13.2. The highest BCUT2D eigenvalue weighted by Gasteiger charge is 2.23. The predicted molar refractivity (Wildman–Crippen MR) is 80.3 cm³/mol. The van der Waals surface area contributed by atoms with Crippen LogP contribution in [0.2, 0.25) is 0 Å². The number of aromatic nitrogens is 3. The molecule has 0 unspecified atom stereocenters. The maximum absolute atomic E-state index is 11.5. The van der Waals surface area contributed by atoms with E-state index in [0.29, 0.717) is 13.1 Å². The first-order chi connectivity index (χ1) is 10.6. The molecule has 0 radical (unpaired) electrons. The Morgan fingerprint density at radius 3 is 2.77 bits per heavy atom. The second-order valence-electron chi connectivity index (χ2n) is 6.14. The van der Waals surface area contributed by atoms with E-state index >= 15 is 0 Å². The van der Waals surface area contributed by atoms with Gasteiger partial charge in [-0.1, -0.05) is 5.21 Å². The maximum Gasteiger partial charge on any atom is 0.317 e. The zero-order chi connectivity index (χ0) is 15.5. The number of nitrogens with zero attached hydrogens (tertiary/aromatic N) is 5. The molecule has 2 aliphatic heterocycles. The molecule has 1 aromatic rings. The minimum absolute atomic E-state index is 0.0108. The fourth-order valence-electron chi connectivity index (χ4n) is 3.11. The summed E-state index contributed by atoms with van der Waals surface area (Å²) in [5.41, 5.74) is 0.965. The normalized spacial score (nSPS) is 26.5. The van der Waals surface area contributed by atoms with Crippen LogP contribution in [0.4, 0.5) is 4.79 Å². The summed E-state index contributed by atoms with van der Waals surface area (Å²) in [6.07, 6.45) is 2.48. The van der Waals surface area contributed by atoms with E-state index in [1.165, 1.54) is 0 Å². The minimum Gasteiger partial charge on any atom is -0.373 e. The molecule has 8 nitrogen and oxygen atoms in total. The van der Waals surface area contributed by atoms with E-state index in [2.05, 4.69) is 34.4 Å². The third kappa shape index (κ3) is 3.75. The molecule has 0 spiro atoms. The number of urea groups is 1. The summed E-state index contributed by atoms with van der Waals surface area (Å²) < 4.78 is 7.55. The molecule has 0 saturated carbocycles. The number of hydrogen-bond donors (Lipinski definition) is 1. The van der Waals surface area contributed by atoms with Gasteiger partial charge in [-0.05, 0) is 13.8 Å². The van der Waals surface area contributed by atoms with Gasteiger partial charge in [0, 0.05) is 45.5 Å². The molecule has 3 rings (SSSR count). The van der Waals surface area contributed by atoms with Gasteiger partial charge in [-0.2, -0.15) is 0 Å². The number of nitrogens with one attached hydrogen (secondary N) is 1. The summed E-state index contributed by atoms with van der Waals surface area (Å²) in [5, 5.41) is 11.2. The van der Waals surface area contributed by atoms with Crippen molar-refractivity contribution < 1.29 is 9.53 Å². The number of rotatable bonds is 5. The quantitative estimate of drug-likeness (QED) is 0.823. The topological polar surface area (TPSA) is 75.5 Å². The molecule has 2 atom stereocenters. The Morgan fingerprint density at radius 2 is 2.09 bits per heavy atom. The van der Waals surface area contributed by atoms with Crippen molar-refractivity contribution >= 4 is 6.03 Å². The third-order valence-electron chi connectivity index (χ3n) is 4.01. The second kappa shape index (κ2) is 6.62. The highest BCUT2D eigenvalue weighted by Crippen LogP contribution is 2.13. The Labute approximate surface area is 130 Å². The van der Waals surface area contributed by atoms with Gasteiger partial charge in [0.1, 0.15) is 0 Å². The lowest BCUT2D eigenvalue weighted by Crippen LogP contribution is -2.44. The van der Waals surface area contributed by atoms with Crippen molar-refractivity contribution in [1.82, 2.24) is 30.1 Å². The van der Waals surface area contributed by atoms with Crippen LogP contribution in [0, 0.1) is 0 Å². The van der Waals surface area contributed by atoms with Crippen molar-refractivity contribution in [3.05, 3.63) is 11.9 Å². The maximum atomic E-state index is 11.5. The molecule has 0 aromatic carbocycles. The summed E-state index contributed by atoms with van der Waals surface area (Å²) in [5.74, 6) is 0. The van der Waals surface area contributed by atoms with E-state index in [1.807, 2.05) is 10.9 Å². The van der Waals surface area contributed by atoms with E-state index < -0.39 is 0 Å². The summed E-state index contributed by atoms with van der Waals surface area (Å²) >= 11 is 0. The predicted octanol–water partition coefficient (Wildman–Crippen LogP) is -0.0875. The average molecular weight is 308 g/mol. The van der Waals surface area contributed by atoms with Crippen LogP contribution in [-0.2, 0) is 17.8 Å². The Kier molecular flexibility index (Phi) is 4.58. The summed E-state index contributed by atoms with van der Waals surface area (Å²) in [6, 6.07) is 0.0108. The highest BCUT2D eigenvalue weighted by molar-refractivity contribution is 5.76. The van der Waals surface area contributed by atoms with Crippen molar-refractivity contribution in [1.29, 1.82) is 0 Å². The fourth-order valence-corrected chi connectivity index (χ4v) is 3.11. The molecule has 2 amide bonds. The molecular formula is C14H24N6O2. The lowest BCUT2D eigenvalue weighted by Gasteiger charge is -2.34. The van der Waals surface area contributed by atoms with Gasteiger partial charge in [0.15, 0.2) is 0 Å². The number of hydrogen-bond acceptors (Lipinski definition) is 5. The largest absolute Gasteiger partial charge is 0.373 e. The first-order valence-electron chi connectivity index (χ1n) is 7.90. The molecule has 3 heterocycles. The van der Waals surface area contributed by atoms with Gasteiger partial charge >= 0.3 is 6.03 Å². The number of morpholine rings is 1. The van der Waals surface area contributed by atoms with Crippen LogP contribution in [0.15, 0.2) is 6.20 Å². The van der Waals surface area contributed by atoms with Crippen molar-refractivity contribution in [3.8, 4) is 0 Å². The lowest BCUT2D eigenvalue weighted by molar-refractivity contribution is -0.0707. The molecule has 8 heteroatoms. The van der Waals surface area contributed by atoms with Crippen LogP contribution in [0.5, 0.6) is 0 Å². The van der Waals surface area contributed by atoms with Gasteiger partial charge in [-0.15, -0.1) is 5.10 Å². The summed E-state index contributed by atoms with van der Waals surface area (Å²) in [6.45, 7) is 9.68. The zero-order valence-corrected chi connectivity index (χ0v) is 13.2. The number of carbonyl (C=O) groups is 1. The Bertz CT molecular complexity index is 509. The second-order valence-corrected chi connectivity index (χ2v) is 6.14. The minimum atomic E-state index is 0.0108. The van der Waals surface area contributed by atoms with Crippen molar-refractivity contribution in [3.63, 3.8) is 0 Å². The highest BCUT2D eigenvalue weighted by atomic mass is 16.5. The molecular weight excluding hydrogens is 284 g/mol. The van der Waals surface area contributed by atoms with E-state index in [4.69, 9.17) is 4.74 Å². The van der Waals surface area contributed by atoms with Crippen LogP contribution in [0.3, 0.4) is 0 Å². The SMILES string of the molecule is C[C@@H]1CN(Cc2cn(CCN3CCNC3=O)nn2)C[C@H](C)O1. The molecule has 1 N–H and O–H groups in total. The summed E-state index contributed by atoms with van der Waals surface area (Å²) in [4.78, 5) is 15.6. The Hall–Kier alpha value is -1.67. The monoisotopic (exact) mass is 308 g/mol. The van der Waals surface area contributed by atoms with E-state index in [0.717, 1.165) is 38.4 Å². The standard InChI is InChI=1S/C14H24N6O2/c1-11-7-18(8-12(2)22-11)9-13-10-20(17-16-13)6-5-19-4-3-15-14(19)21/h10-12H,3-9H2,1-2H3,(H,15,21)/t11-,12+. The van der Waals surface area contributed by atoms with E-state index in [-0.39, 0.29) is 18.2 Å². The van der Waals surface area contributed by atoms with Crippen LogP contribution in [0.1, 0.15) is 19.5 Å². The molecule has 2 saturated heterocycles. The van der Waals surface area contributed by atoms with Gasteiger partial charge in [0.05, 0.1) is 24.4 Å². The van der Waals surface area contributed by atoms with E-state index in [1.54, 1.807) is 4.90 Å². The fraction of sp³-hybridized carbons (Fsp3) is 0.786. The molecule has 1 aromatic heterocycles. The van der Waals surface area contributed by atoms with Crippen LogP contribution < -0.4 is 5.32 Å². The van der Waals surface area contributed by atoms with Crippen LogP contribution in [0.25, 0.3) is 0 Å². The third-order valence-corrected chi connectivity index (χ3v) is 4.01. The lowest BCUT2D eigenvalue weighted by atomic mass is 10.2.